The number of hydrogen-bond donors (Lipinski definition) is 1. The smallest absolute Gasteiger partial charge is 0.309 e. The fourth-order valence-electron chi connectivity index (χ4n) is 3.24. The van der Waals surface area contributed by atoms with Crippen LogP contribution in [0.5, 0.6) is 0 Å². The zero-order chi connectivity index (χ0) is 24.2. The summed E-state index contributed by atoms with van der Waals surface area (Å²) in [6.45, 7) is 4.40. The van der Waals surface area contributed by atoms with Crippen LogP contribution < -0.4 is 0 Å². The van der Waals surface area contributed by atoms with E-state index >= 15 is 0 Å². The van der Waals surface area contributed by atoms with E-state index in [-0.39, 0.29) is 45.7 Å². The molecule has 0 amide bonds. The number of rotatable bonds is 20. The summed E-state index contributed by atoms with van der Waals surface area (Å²) < 4.78 is 41.4. The van der Waals surface area contributed by atoms with E-state index in [9.17, 15) is 14.7 Å². The van der Waals surface area contributed by atoms with Crippen molar-refractivity contribution in [2.45, 2.75) is 25.4 Å². The molecule has 0 saturated heterocycles. The molecule has 0 aromatic carbocycles. The first kappa shape index (κ1) is 29.7. The molecule has 1 fully saturated rings. The summed E-state index contributed by atoms with van der Waals surface area (Å²) in [4.78, 5) is 24.7. The van der Waals surface area contributed by atoms with Crippen molar-refractivity contribution in [1.82, 2.24) is 0 Å². The fraction of sp³-hybridized carbons (Fsp3) is 0.909. The molecule has 33 heavy (non-hydrogen) atoms. The van der Waals surface area contributed by atoms with Crippen molar-refractivity contribution in [3.63, 3.8) is 0 Å². The lowest BCUT2D eigenvalue weighted by Gasteiger charge is -2.30. The minimum absolute atomic E-state index is 0.102. The van der Waals surface area contributed by atoms with E-state index in [1.165, 1.54) is 0 Å². The van der Waals surface area contributed by atoms with Crippen LogP contribution >= 0.6 is 0 Å². The van der Waals surface area contributed by atoms with Crippen LogP contribution in [0, 0.1) is 11.8 Å². The second kappa shape index (κ2) is 20.1. The molecule has 2 unspecified atom stereocenters. The van der Waals surface area contributed by atoms with Crippen molar-refractivity contribution < 1.29 is 52.6 Å². The van der Waals surface area contributed by atoms with E-state index < -0.39 is 29.9 Å². The number of aliphatic hydroxyl groups is 1. The zero-order valence-corrected chi connectivity index (χ0v) is 19.9. The second-order valence-corrected chi connectivity index (χ2v) is 7.52. The highest BCUT2D eigenvalue weighted by molar-refractivity contribution is 5.76. The Bertz CT molecular complexity index is 461. The standard InChI is InChI=1S/C22H40O11/c1-26-3-5-28-7-9-30-11-13-32-21(24)18-15-19(17-20(23)16-18)22(25)33-14-12-31-10-8-29-6-4-27-2/h18-20,23H,3-17H2,1-2H3. The zero-order valence-electron chi connectivity index (χ0n) is 19.9. The van der Waals surface area contributed by atoms with Gasteiger partial charge in [0, 0.05) is 14.2 Å². The van der Waals surface area contributed by atoms with Gasteiger partial charge < -0.3 is 43.0 Å². The Balaban J connectivity index is 2.14. The molecule has 0 aromatic rings. The van der Waals surface area contributed by atoms with E-state index in [0.29, 0.717) is 52.9 Å². The molecule has 0 radical (unpaired) electrons. The maximum Gasteiger partial charge on any atom is 0.309 e. The lowest BCUT2D eigenvalue weighted by Crippen LogP contribution is -2.36. The molecule has 0 spiro atoms. The minimum Gasteiger partial charge on any atom is -0.463 e. The first-order chi connectivity index (χ1) is 16.1. The average molecular weight is 481 g/mol. The number of esters is 2. The van der Waals surface area contributed by atoms with E-state index in [0.717, 1.165) is 0 Å². The Hall–Kier alpha value is -1.34. The number of aliphatic hydroxyl groups excluding tert-OH is 1. The quantitative estimate of drug-likeness (QED) is 0.190. The van der Waals surface area contributed by atoms with E-state index in [1.54, 1.807) is 14.2 Å². The van der Waals surface area contributed by atoms with Crippen LogP contribution in [0.15, 0.2) is 0 Å². The van der Waals surface area contributed by atoms with Crippen LogP contribution in [-0.2, 0) is 47.5 Å². The van der Waals surface area contributed by atoms with Gasteiger partial charge in [0.05, 0.1) is 84.0 Å². The summed E-state index contributed by atoms with van der Waals surface area (Å²) in [5.74, 6) is -1.99. The highest BCUT2D eigenvalue weighted by Gasteiger charge is 2.37. The average Bonchev–Trinajstić information content (AvgIpc) is 2.81. The summed E-state index contributed by atoms with van der Waals surface area (Å²) in [5, 5.41) is 10.1. The summed E-state index contributed by atoms with van der Waals surface area (Å²) in [6.07, 6.45) is 0.0678. The first-order valence-corrected chi connectivity index (χ1v) is 11.4. The molecule has 0 heterocycles. The number of ether oxygens (including phenoxy) is 8. The number of carbonyl (C=O) groups excluding carboxylic acids is 2. The Morgan fingerprint density at radius 2 is 0.909 bits per heavy atom. The van der Waals surface area contributed by atoms with Gasteiger partial charge in [0.2, 0.25) is 0 Å². The predicted molar refractivity (Wildman–Crippen MR) is 116 cm³/mol. The SMILES string of the molecule is COCCOCCOCCOC(=O)C1CC(O)CC(C(=O)OCCOCCOCCOC)C1. The van der Waals surface area contributed by atoms with Gasteiger partial charge in [0.25, 0.3) is 0 Å². The molecule has 11 heteroatoms. The molecule has 0 aliphatic heterocycles. The third-order valence-corrected chi connectivity index (χ3v) is 4.90. The van der Waals surface area contributed by atoms with Crippen LogP contribution in [-0.4, -0.2) is 117 Å². The number of carbonyl (C=O) groups is 2. The number of methoxy groups -OCH3 is 2. The molecule has 2 atom stereocenters. The van der Waals surface area contributed by atoms with Gasteiger partial charge in [-0.2, -0.15) is 0 Å². The van der Waals surface area contributed by atoms with Crippen molar-refractivity contribution in [3.05, 3.63) is 0 Å². The number of hydrogen-bond acceptors (Lipinski definition) is 11. The molecule has 194 valence electrons. The van der Waals surface area contributed by atoms with Crippen molar-refractivity contribution in [1.29, 1.82) is 0 Å². The summed E-state index contributed by atoms with van der Waals surface area (Å²) in [5.41, 5.74) is 0. The van der Waals surface area contributed by atoms with Gasteiger partial charge in [-0.15, -0.1) is 0 Å². The Morgan fingerprint density at radius 3 is 1.27 bits per heavy atom. The summed E-state index contributed by atoms with van der Waals surface area (Å²) in [7, 11) is 3.20. The lowest BCUT2D eigenvalue weighted by atomic mass is 9.80. The van der Waals surface area contributed by atoms with Crippen LogP contribution in [0.2, 0.25) is 0 Å². The third kappa shape index (κ3) is 15.2. The third-order valence-electron chi connectivity index (χ3n) is 4.90. The van der Waals surface area contributed by atoms with Gasteiger partial charge in [0.15, 0.2) is 0 Å². The van der Waals surface area contributed by atoms with Crippen LogP contribution in [0.3, 0.4) is 0 Å². The second-order valence-electron chi connectivity index (χ2n) is 7.52. The van der Waals surface area contributed by atoms with Crippen molar-refractivity contribution in [2.24, 2.45) is 11.8 Å². The van der Waals surface area contributed by atoms with Crippen LogP contribution in [0.4, 0.5) is 0 Å². The van der Waals surface area contributed by atoms with Gasteiger partial charge in [-0.1, -0.05) is 0 Å². The molecule has 0 bridgehead atoms. The van der Waals surface area contributed by atoms with Gasteiger partial charge in [-0.25, -0.2) is 0 Å². The van der Waals surface area contributed by atoms with E-state index in [4.69, 9.17) is 37.9 Å². The van der Waals surface area contributed by atoms with Crippen LogP contribution in [0.25, 0.3) is 0 Å². The highest BCUT2D eigenvalue weighted by Crippen LogP contribution is 2.31. The monoisotopic (exact) mass is 480 g/mol. The van der Waals surface area contributed by atoms with Crippen molar-refractivity contribution in [3.8, 4) is 0 Å². The summed E-state index contributed by atoms with van der Waals surface area (Å²) >= 11 is 0. The van der Waals surface area contributed by atoms with Crippen molar-refractivity contribution in [2.75, 3.05) is 93.5 Å². The molecular formula is C22H40O11. The molecule has 1 aliphatic carbocycles. The minimum atomic E-state index is -0.755. The first-order valence-electron chi connectivity index (χ1n) is 11.4. The fourth-order valence-corrected chi connectivity index (χ4v) is 3.24. The van der Waals surface area contributed by atoms with E-state index in [2.05, 4.69) is 0 Å². The molecule has 1 N–H and O–H groups in total. The predicted octanol–water partition coefficient (Wildman–Crippen LogP) is 0.209. The molecule has 0 aromatic heterocycles. The summed E-state index contributed by atoms with van der Waals surface area (Å²) in [6, 6.07) is 0. The van der Waals surface area contributed by atoms with E-state index in [1.807, 2.05) is 0 Å². The van der Waals surface area contributed by atoms with Gasteiger partial charge in [-0.3, -0.25) is 9.59 Å². The van der Waals surface area contributed by atoms with Gasteiger partial charge in [0.1, 0.15) is 13.2 Å². The lowest BCUT2D eigenvalue weighted by molar-refractivity contribution is -0.159. The Labute approximate surface area is 195 Å². The normalized spacial score (nSPS) is 20.5. The topological polar surface area (TPSA) is 128 Å². The molecule has 11 nitrogen and oxygen atoms in total. The maximum absolute atomic E-state index is 12.3. The molecular weight excluding hydrogens is 440 g/mol. The Morgan fingerprint density at radius 1 is 0.576 bits per heavy atom. The van der Waals surface area contributed by atoms with Gasteiger partial charge >= 0.3 is 11.9 Å². The highest BCUT2D eigenvalue weighted by atomic mass is 16.6. The van der Waals surface area contributed by atoms with Crippen molar-refractivity contribution >= 4 is 11.9 Å². The Kier molecular flexibility index (Phi) is 18.1. The molecule has 1 aliphatic rings. The van der Waals surface area contributed by atoms with Gasteiger partial charge in [-0.05, 0) is 19.3 Å². The molecule has 1 saturated carbocycles. The largest absolute Gasteiger partial charge is 0.463 e. The van der Waals surface area contributed by atoms with Crippen LogP contribution in [0.1, 0.15) is 19.3 Å². The maximum atomic E-state index is 12.3. The molecule has 1 rings (SSSR count).